The highest BCUT2D eigenvalue weighted by molar-refractivity contribution is 5.83. The van der Waals surface area contributed by atoms with Crippen molar-refractivity contribution in [2.45, 2.75) is 46.3 Å². The van der Waals surface area contributed by atoms with Gasteiger partial charge in [0, 0.05) is 12.1 Å². The minimum Gasteiger partial charge on any atom is -0.467 e. The van der Waals surface area contributed by atoms with E-state index in [9.17, 15) is 14.4 Å². The van der Waals surface area contributed by atoms with E-state index >= 15 is 0 Å². The molecule has 142 valence electrons. The number of hydrogen-bond acceptors (Lipinski definition) is 6. The number of nitrogens with one attached hydrogen (secondary N) is 2. The fourth-order valence-electron chi connectivity index (χ4n) is 2.69. The number of aromatic amines is 1. The molecule has 0 aliphatic carbocycles. The van der Waals surface area contributed by atoms with Crippen molar-refractivity contribution in [3.63, 3.8) is 0 Å². The molecule has 8 nitrogen and oxygen atoms in total. The first-order valence-electron chi connectivity index (χ1n) is 8.45. The smallest absolute Gasteiger partial charge is 0.306 e. The molecule has 0 radical (unpaired) electrons. The molecule has 1 atom stereocenters. The molecule has 0 spiro atoms. The van der Waals surface area contributed by atoms with Crippen molar-refractivity contribution in [2.75, 3.05) is 0 Å². The highest BCUT2D eigenvalue weighted by Gasteiger charge is 2.19. The molecule has 0 unspecified atom stereocenters. The third-order valence-electron chi connectivity index (χ3n) is 4.19. The summed E-state index contributed by atoms with van der Waals surface area (Å²) in [6.07, 6.45) is 0.875. The van der Waals surface area contributed by atoms with Crippen molar-refractivity contribution in [1.82, 2.24) is 10.3 Å². The lowest BCUT2D eigenvalue weighted by atomic mass is 9.99. The van der Waals surface area contributed by atoms with Gasteiger partial charge in [-0.2, -0.15) is 5.26 Å². The summed E-state index contributed by atoms with van der Waals surface area (Å²) < 4.78 is 10.3. The molecule has 2 heterocycles. The number of aromatic nitrogens is 1. The molecule has 0 saturated heterocycles. The van der Waals surface area contributed by atoms with Gasteiger partial charge in [-0.15, -0.1) is 0 Å². The van der Waals surface area contributed by atoms with E-state index in [-0.39, 0.29) is 18.5 Å². The van der Waals surface area contributed by atoms with Gasteiger partial charge in [0.1, 0.15) is 17.4 Å². The molecule has 1 amide bonds. The van der Waals surface area contributed by atoms with Crippen LogP contribution in [0.1, 0.15) is 41.5 Å². The maximum absolute atomic E-state index is 12.1. The first kappa shape index (κ1) is 20.0. The Morgan fingerprint density at radius 1 is 1.41 bits per heavy atom. The average Bonchev–Trinajstić information content (AvgIpc) is 3.12. The molecule has 2 rings (SSSR count). The van der Waals surface area contributed by atoms with Gasteiger partial charge in [0.05, 0.1) is 12.8 Å². The molecule has 0 bridgehead atoms. The van der Waals surface area contributed by atoms with E-state index in [1.807, 2.05) is 6.07 Å². The van der Waals surface area contributed by atoms with Gasteiger partial charge < -0.3 is 19.5 Å². The highest BCUT2D eigenvalue weighted by Crippen LogP contribution is 2.15. The average molecular weight is 371 g/mol. The van der Waals surface area contributed by atoms with E-state index in [2.05, 4.69) is 10.3 Å². The Kier molecular flexibility index (Phi) is 6.55. The lowest BCUT2D eigenvalue weighted by Crippen LogP contribution is -2.35. The second-order valence-electron chi connectivity index (χ2n) is 6.10. The molecule has 0 aromatic carbocycles. The summed E-state index contributed by atoms with van der Waals surface area (Å²) in [5.74, 6) is -0.374. The van der Waals surface area contributed by atoms with Crippen LogP contribution >= 0.6 is 0 Å². The fourth-order valence-corrected chi connectivity index (χ4v) is 2.69. The molecular formula is C19H21N3O5. The summed E-state index contributed by atoms with van der Waals surface area (Å²) in [7, 11) is 0. The number of ether oxygens (including phenoxy) is 1. The SMILES string of the molecule is Cc1[nH]c(=O)c(C#N)c(C)c1CCC(=O)O[C@@H](C)C(=O)NCc1ccco1. The number of esters is 1. The Hall–Kier alpha value is -3.34. The summed E-state index contributed by atoms with van der Waals surface area (Å²) in [5, 5.41) is 11.7. The molecule has 2 aromatic heterocycles. The topological polar surface area (TPSA) is 125 Å². The molecule has 27 heavy (non-hydrogen) atoms. The summed E-state index contributed by atoms with van der Waals surface area (Å²) in [5.41, 5.74) is 1.47. The van der Waals surface area contributed by atoms with Gasteiger partial charge in [0.2, 0.25) is 0 Å². The predicted molar refractivity (Wildman–Crippen MR) is 95.7 cm³/mol. The number of hydrogen-bond donors (Lipinski definition) is 2. The lowest BCUT2D eigenvalue weighted by molar-refractivity contribution is -0.154. The van der Waals surface area contributed by atoms with E-state index in [0.29, 0.717) is 23.4 Å². The zero-order valence-corrected chi connectivity index (χ0v) is 15.4. The zero-order chi connectivity index (χ0) is 20.0. The maximum Gasteiger partial charge on any atom is 0.306 e. The van der Waals surface area contributed by atoms with Crippen molar-refractivity contribution >= 4 is 11.9 Å². The molecule has 8 heteroatoms. The van der Waals surface area contributed by atoms with Crippen molar-refractivity contribution in [2.24, 2.45) is 0 Å². The fraction of sp³-hybridized carbons (Fsp3) is 0.368. The number of furan rings is 1. The summed E-state index contributed by atoms with van der Waals surface area (Å²) in [6.45, 7) is 5.08. The summed E-state index contributed by atoms with van der Waals surface area (Å²) in [6, 6.07) is 5.31. The Bertz CT molecular complexity index is 922. The van der Waals surface area contributed by atoms with Crippen LogP contribution in [0.5, 0.6) is 0 Å². The monoisotopic (exact) mass is 371 g/mol. The normalized spacial score (nSPS) is 11.5. The van der Waals surface area contributed by atoms with E-state index in [4.69, 9.17) is 14.4 Å². The molecule has 2 aromatic rings. The van der Waals surface area contributed by atoms with Crippen molar-refractivity contribution < 1.29 is 18.7 Å². The minimum absolute atomic E-state index is 0.0222. The molecular weight excluding hydrogens is 350 g/mol. The quantitative estimate of drug-likeness (QED) is 0.713. The van der Waals surface area contributed by atoms with E-state index < -0.39 is 23.5 Å². The largest absolute Gasteiger partial charge is 0.467 e. The summed E-state index contributed by atoms with van der Waals surface area (Å²) in [4.78, 5) is 38.4. The van der Waals surface area contributed by atoms with E-state index in [0.717, 1.165) is 5.56 Å². The first-order chi connectivity index (χ1) is 12.8. The number of aryl methyl sites for hydroxylation is 1. The number of pyridine rings is 1. The molecule has 0 aliphatic heterocycles. The van der Waals surface area contributed by atoms with Crippen LogP contribution in [0.3, 0.4) is 0 Å². The molecule has 0 saturated carbocycles. The zero-order valence-electron chi connectivity index (χ0n) is 15.4. The summed E-state index contributed by atoms with van der Waals surface area (Å²) >= 11 is 0. The Morgan fingerprint density at radius 2 is 2.15 bits per heavy atom. The van der Waals surface area contributed by atoms with Crippen LogP contribution in [-0.4, -0.2) is 23.0 Å². The Balaban J connectivity index is 1.90. The third-order valence-corrected chi connectivity index (χ3v) is 4.19. The van der Waals surface area contributed by atoms with Gasteiger partial charge >= 0.3 is 5.97 Å². The van der Waals surface area contributed by atoms with Gasteiger partial charge in [0.25, 0.3) is 11.5 Å². The van der Waals surface area contributed by atoms with Crippen LogP contribution in [0.15, 0.2) is 27.6 Å². The van der Waals surface area contributed by atoms with Crippen LogP contribution in [0.25, 0.3) is 0 Å². The van der Waals surface area contributed by atoms with Crippen LogP contribution in [-0.2, 0) is 27.3 Å². The number of carbonyl (C=O) groups is 2. The highest BCUT2D eigenvalue weighted by atomic mass is 16.5. The van der Waals surface area contributed by atoms with Gasteiger partial charge in [-0.25, -0.2) is 0 Å². The molecule has 0 fully saturated rings. The Labute approximate surface area is 156 Å². The van der Waals surface area contributed by atoms with Gasteiger partial charge in [-0.1, -0.05) is 0 Å². The second-order valence-corrected chi connectivity index (χ2v) is 6.10. The third kappa shape index (κ3) is 5.07. The number of H-pyrrole nitrogens is 1. The van der Waals surface area contributed by atoms with Crippen LogP contribution in [0.4, 0.5) is 0 Å². The van der Waals surface area contributed by atoms with Crippen molar-refractivity contribution in [1.29, 1.82) is 5.26 Å². The first-order valence-corrected chi connectivity index (χ1v) is 8.45. The van der Waals surface area contributed by atoms with Gasteiger partial charge in [-0.3, -0.25) is 14.4 Å². The molecule has 2 N–H and O–H groups in total. The van der Waals surface area contributed by atoms with E-state index in [1.165, 1.54) is 13.2 Å². The number of nitriles is 1. The Morgan fingerprint density at radius 3 is 2.78 bits per heavy atom. The van der Waals surface area contributed by atoms with Crippen molar-refractivity contribution in [3.8, 4) is 6.07 Å². The van der Waals surface area contributed by atoms with Crippen LogP contribution < -0.4 is 10.9 Å². The predicted octanol–water partition coefficient (Wildman–Crippen LogP) is 1.64. The standard InChI is InChI=1S/C19H21N3O5/c1-11-15(12(2)22-19(25)16(11)9-20)6-7-17(23)27-13(3)18(24)21-10-14-5-4-8-26-14/h4-5,8,13H,6-7,10H2,1-3H3,(H,21,24)(H,22,25)/t13-/m0/s1. The lowest BCUT2D eigenvalue weighted by Gasteiger charge is -2.14. The van der Waals surface area contributed by atoms with Crippen LogP contribution in [0, 0.1) is 25.2 Å². The van der Waals surface area contributed by atoms with E-state index in [1.54, 1.807) is 26.0 Å². The maximum atomic E-state index is 12.1. The molecule has 0 aliphatic rings. The number of amides is 1. The van der Waals surface area contributed by atoms with Gasteiger partial charge in [-0.05, 0) is 50.5 Å². The van der Waals surface area contributed by atoms with Crippen LogP contribution in [0.2, 0.25) is 0 Å². The minimum atomic E-state index is -0.945. The second kappa shape index (κ2) is 8.85. The number of rotatable bonds is 7. The van der Waals surface area contributed by atoms with Gasteiger partial charge in [0.15, 0.2) is 6.10 Å². The number of carbonyl (C=O) groups excluding carboxylic acids is 2. The van der Waals surface area contributed by atoms with Crippen molar-refractivity contribution in [3.05, 3.63) is 56.9 Å². The number of nitrogens with zero attached hydrogens (tertiary/aromatic N) is 1.